The summed E-state index contributed by atoms with van der Waals surface area (Å²) in [6, 6.07) is -0.0409. The van der Waals surface area contributed by atoms with Crippen LogP contribution < -0.4 is 5.32 Å². The van der Waals surface area contributed by atoms with Gasteiger partial charge in [-0.3, -0.25) is 14.5 Å². The fourth-order valence-electron chi connectivity index (χ4n) is 5.88. The van der Waals surface area contributed by atoms with Crippen LogP contribution in [0.5, 0.6) is 0 Å². The Labute approximate surface area is 181 Å². The van der Waals surface area contributed by atoms with Crippen molar-refractivity contribution in [2.24, 2.45) is 5.92 Å². The fourth-order valence-corrected chi connectivity index (χ4v) is 5.88. The Hall–Kier alpha value is -1.18. The first kappa shape index (κ1) is 22.0. The highest BCUT2D eigenvalue weighted by molar-refractivity contribution is 5.87. The van der Waals surface area contributed by atoms with Gasteiger partial charge in [0.05, 0.1) is 6.10 Å². The van der Waals surface area contributed by atoms with Gasteiger partial charge in [-0.1, -0.05) is 19.3 Å². The molecule has 30 heavy (non-hydrogen) atoms. The van der Waals surface area contributed by atoms with E-state index in [4.69, 9.17) is 4.74 Å². The summed E-state index contributed by atoms with van der Waals surface area (Å²) in [5.41, 5.74) is 0. The van der Waals surface area contributed by atoms with Crippen LogP contribution in [0.2, 0.25) is 0 Å². The van der Waals surface area contributed by atoms with Crippen molar-refractivity contribution in [3.05, 3.63) is 0 Å². The molecule has 170 valence electrons. The molecule has 0 aromatic rings. The van der Waals surface area contributed by atoms with Gasteiger partial charge in [-0.25, -0.2) is 0 Å². The summed E-state index contributed by atoms with van der Waals surface area (Å²) in [6.07, 6.45) is 10.0. The van der Waals surface area contributed by atoms with Gasteiger partial charge in [0.1, 0.15) is 6.04 Å². The molecule has 3 saturated heterocycles. The van der Waals surface area contributed by atoms with Crippen molar-refractivity contribution < 1.29 is 14.3 Å². The highest BCUT2D eigenvalue weighted by Gasteiger charge is 2.43. The topological polar surface area (TPSA) is 65.1 Å². The number of hydrogen-bond donors (Lipinski definition) is 1. The standard InChI is InChI=1S/C23H40N4O3/c1-18(28)27-16-20(14-22(27)23(29)25-11-9-24-10-12-25)26(17-21-8-5-13-30-21)15-19-6-3-2-4-7-19/h19-22,24H,2-17H2,1H3. The van der Waals surface area contributed by atoms with Crippen LogP contribution in [-0.2, 0) is 14.3 Å². The second kappa shape index (κ2) is 10.4. The van der Waals surface area contributed by atoms with Gasteiger partial charge in [0.25, 0.3) is 0 Å². The number of ether oxygens (including phenoxy) is 1. The van der Waals surface area contributed by atoms with E-state index in [1.54, 1.807) is 6.92 Å². The lowest BCUT2D eigenvalue weighted by Gasteiger charge is -2.35. The summed E-state index contributed by atoms with van der Waals surface area (Å²) in [7, 11) is 0. The molecular formula is C23H40N4O3. The molecule has 0 radical (unpaired) electrons. The van der Waals surface area contributed by atoms with E-state index < -0.39 is 0 Å². The molecule has 3 unspecified atom stereocenters. The largest absolute Gasteiger partial charge is 0.377 e. The number of nitrogens with zero attached hydrogens (tertiary/aromatic N) is 3. The zero-order valence-corrected chi connectivity index (χ0v) is 18.7. The quantitative estimate of drug-likeness (QED) is 0.705. The molecule has 3 atom stereocenters. The minimum atomic E-state index is -0.302. The second-order valence-electron chi connectivity index (χ2n) is 9.74. The second-order valence-corrected chi connectivity index (χ2v) is 9.74. The lowest BCUT2D eigenvalue weighted by atomic mass is 9.88. The predicted octanol–water partition coefficient (Wildman–Crippen LogP) is 1.47. The van der Waals surface area contributed by atoms with E-state index in [0.717, 1.165) is 71.1 Å². The minimum Gasteiger partial charge on any atom is -0.377 e. The Morgan fingerprint density at radius 2 is 1.80 bits per heavy atom. The smallest absolute Gasteiger partial charge is 0.245 e. The summed E-state index contributed by atoms with van der Waals surface area (Å²) in [5.74, 6) is 0.915. The fraction of sp³-hybridized carbons (Fsp3) is 0.913. The third-order valence-electron chi connectivity index (χ3n) is 7.59. The van der Waals surface area contributed by atoms with Gasteiger partial charge in [-0.2, -0.15) is 0 Å². The summed E-state index contributed by atoms with van der Waals surface area (Å²) < 4.78 is 5.97. The molecule has 7 heteroatoms. The molecule has 0 aromatic heterocycles. The summed E-state index contributed by atoms with van der Waals surface area (Å²) >= 11 is 0. The van der Waals surface area contributed by atoms with Crippen molar-refractivity contribution in [2.75, 3.05) is 52.4 Å². The molecule has 1 N–H and O–H groups in total. The van der Waals surface area contributed by atoms with Gasteiger partial charge in [-0.05, 0) is 38.0 Å². The Balaban J connectivity index is 1.45. The SMILES string of the molecule is CC(=O)N1CC(N(CC2CCCCC2)CC2CCCO2)CC1C(=O)N1CCNCC1. The molecule has 4 fully saturated rings. The maximum absolute atomic E-state index is 13.3. The Bertz CT molecular complexity index is 583. The van der Waals surface area contributed by atoms with E-state index in [2.05, 4.69) is 10.2 Å². The Kier molecular flexibility index (Phi) is 7.65. The van der Waals surface area contributed by atoms with Gasteiger partial charge >= 0.3 is 0 Å². The number of likely N-dealkylation sites (tertiary alicyclic amines) is 1. The number of amides is 2. The average molecular weight is 421 g/mol. The van der Waals surface area contributed by atoms with Crippen molar-refractivity contribution in [3.8, 4) is 0 Å². The molecule has 4 aliphatic rings. The van der Waals surface area contributed by atoms with Crippen LogP contribution in [0.15, 0.2) is 0 Å². The van der Waals surface area contributed by atoms with Crippen LogP contribution in [0.25, 0.3) is 0 Å². The van der Waals surface area contributed by atoms with E-state index in [1.165, 1.54) is 32.1 Å². The maximum Gasteiger partial charge on any atom is 0.245 e. The molecule has 0 spiro atoms. The van der Waals surface area contributed by atoms with Crippen LogP contribution in [0.3, 0.4) is 0 Å². The first-order valence-electron chi connectivity index (χ1n) is 12.2. The van der Waals surface area contributed by atoms with Crippen LogP contribution in [0, 0.1) is 5.92 Å². The normalized spacial score (nSPS) is 30.9. The van der Waals surface area contributed by atoms with Gasteiger partial charge < -0.3 is 19.9 Å². The van der Waals surface area contributed by atoms with Crippen molar-refractivity contribution in [1.29, 1.82) is 0 Å². The lowest BCUT2D eigenvalue weighted by molar-refractivity contribution is -0.143. The molecule has 4 rings (SSSR count). The number of nitrogens with one attached hydrogen (secondary N) is 1. The predicted molar refractivity (Wildman–Crippen MR) is 116 cm³/mol. The molecule has 7 nitrogen and oxygen atoms in total. The van der Waals surface area contributed by atoms with E-state index in [1.807, 2.05) is 9.80 Å². The molecule has 0 bridgehead atoms. The molecule has 3 heterocycles. The zero-order valence-electron chi connectivity index (χ0n) is 18.7. The molecular weight excluding hydrogens is 380 g/mol. The highest BCUT2D eigenvalue weighted by Crippen LogP contribution is 2.30. The number of rotatable bonds is 6. The zero-order chi connectivity index (χ0) is 20.9. The first-order valence-corrected chi connectivity index (χ1v) is 12.2. The van der Waals surface area contributed by atoms with Crippen LogP contribution in [0.4, 0.5) is 0 Å². The van der Waals surface area contributed by atoms with Gasteiger partial charge in [0.15, 0.2) is 0 Å². The van der Waals surface area contributed by atoms with Gasteiger partial charge in [-0.15, -0.1) is 0 Å². The van der Waals surface area contributed by atoms with Gasteiger partial charge in [0.2, 0.25) is 11.8 Å². The lowest BCUT2D eigenvalue weighted by Crippen LogP contribution is -2.53. The Morgan fingerprint density at radius 1 is 1.03 bits per heavy atom. The molecule has 0 aromatic carbocycles. The van der Waals surface area contributed by atoms with Crippen molar-refractivity contribution in [2.45, 2.75) is 76.5 Å². The third kappa shape index (κ3) is 5.35. The van der Waals surface area contributed by atoms with E-state index >= 15 is 0 Å². The van der Waals surface area contributed by atoms with Crippen molar-refractivity contribution in [3.63, 3.8) is 0 Å². The monoisotopic (exact) mass is 420 g/mol. The molecule has 3 aliphatic heterocycles. The minimum absolute atomic E-state index is 0.0284. The van der Waals surface area contributed by atoms with E-state index in [0.29, 0.717) is 12.6 Å². The maximum atomic E-state index is 13.3. The number of hydrogen-bond acceptors (Lipinski definition) is 5. The van der Waals surface area contributed by atoms with Crippen LogP contribution in [-0.4, -0.2) is 97.1 Å². The van der Waals surface area contributed by atoms with Crippen LogP contribution in [0.1, 0.15) is 58.3 Å². The summed E-state index contributed by atoms with van der Waals surface area (Å²) in [5, 5.41) is 3.31. The molecule has 1 aliphatic carbocycles. The highest BCUT2D eigenvalue weighted by atomic mass is 16.5. The number of carbonyl (C=O) groups excluding carboxylic acids is 2. The van der Waals surface area contributed by atoms with Gasteiger partial charge in [0, 0.05) is 65.4 Å². The molecule has 2 amide bonds. The average Bonchev–Trinajstić information content (AvgIpc) is 3.44. The first-order chi connectivity index (χ1) is 14.6. The Morgan fingerprint density at radius 3 is 2.47 bits per heavy atom. The van der Waals surface area contributed by atoms with E-state index in [9.17, 15) is 9.59 Å². The number of piperazine rings is 1. The third-order valence-corrected chi connectivity index (χ3v) is 7.59. The van der Waals surface area contributed by atoms with E-state index in [-0.39, 0.29) is 23.9 Å². The molecule has 1 saturated carbocycles. The van der Waals surface area contributed by atoms with Crippen molar-refractivity contribution in [1.82, 2.24) is 20.0 Å². The van der Waals surface area contributed by atoms with Crippen molar-refractivity contribution >= 4 is 11.8 Å². The summed E-state index contributed by atoms with van der Waals surface area (Å²) in [4.78, 5) is 32.1. The summed E-state index contributed by atoms with van der Waals surface area (Å²) in [6.45, 7) is 8.37. The van der Waals surface area contributed by atoms with Crippen LogP contribution >= 0.6 is 0 Å². The number of carbonyl (C=O) groups is 2.